The number of anilines is 1. The van der Waals surface area contributed by atoms with Crippen molar-refractivity contribution in [3.8, 4) is 0 Å². The van der Waals surface area contributed by atoms with E-state index in [4.69, 9.17) is 0 Å². The molecule has 3 amide bonds. The van der Waals surface area contributed by atoms with Gasteiger partial charge in [-0.2, -0.15) is 0 Å². The van der Waals surface area contributed by atoms with Crippen LogP contribution >= 0.6 is 0 Å². The molecule has 1 unspecified atom stereocenters. The highest BCUT2D eigenvalue weighted by molar-refractivity contribution is 5.98. The molecule has 1 aromatic carbocycles. The molecular formula is C17H25N3O2. The van der Waals surface area contributed by atoms with Gasteiger partial charge in [0.15, 0.2) is 0 Å². The van der Waals surface area contributed by atoms with E-state index >= 15 is 0 Å². The Morgan fingerprint density at radius 2 is 1.82 bits per heavy atom. The number of carbonyl (C=O) groups is 2. The molecule has 3 N–H and O–H groups in total. The van der Waals surface area contributed by atoms with Gasteiger partial charge in [-0.25, -0.2) is 4.79 Å². The van der Waals surface area contributed by atoms with Crippen molar-refractivity contribution in [2.24, 2.45) is 0 Å². The number of aryl methyl sites for hydroxylation is 2. The number of hydrogen-bond acceptors (Lipinski definition) is 3. The number of amides is 3. The quantitative estimate of drug-likeness (QED) is 0.801. The van der Waals surface area contributed by atoms with Gasteiger partial charge in [0.2, 0.25) is 5.91 Å². The van der Waals surface area contributed by atoms with Crippen molar-refractivity contribution in [2.75, 3.05) is 5.32 Å². The van der Waals surface area contributed by atoms with E-state index in [1.165, 1.54) is 5.56 Å². The minimum absolute atomic E-state index is 0.204. The van der Waals surface area contributed by atoms with Gasteiger partial charge in [-0.3, -0.25) is 10.1 Å². The zero-order valence-electron chi connectivity index (χ0n) is 13.5. The van der Waals surface area contributed by atoms with Crippen molar-refractivity contribution in [1.82, 2.24) is 10.6 Å². The van der Waals surface area contributed by atoms with Crippen LogP contribution in [-0.2, 0) is 4.79 Å². The molecule has 5 heteroatoms. The predicted molar refractivity (Wildman–Crippen MR) is 87.9 cm³/mol. The molecule has 1 aromatic rings. The van der Waals surface area contributed by atoms with E-state index in [0.29, 0.717) is 0 Å². The Balaban J connectivity index is 1.83. The Labute approximate surface area is 131 Å². The maximum absolute atomic E-state index is 12.0. The average molecular weight is 303 g/mol. The lowest BCUT2D eigenvalue weighted by molar-refractivity contribution is -0.120. The molecule has 1 atom stereocenters. The van der Waals surface area contributed by atoms with Crippen LogP contribution in [0, 0.1) is 13.8 Å². The van der Waals surface area contributed by atoms with Crippen LogP contribution in [0.1, 0.15) is 43.7 Å². The highest BCUT2D eigenvalue weighted by Gasteiger charge is 2.20. The summed E-state index contributed by atoms with van der Waals surface area (Å²) in [6.45, 7) is 5.82. The second kappa shape index (κ2) is 7.29. The van der Waals surface area contributed by atoms with E-state index in [1.54, 1.807) is 6.92 Å². The average Bonchev–Trinajstić information content (AvgIpc) is 2.95. The van der Waals surface area contributed by atoms with Crippen LogP contribution in [-0.4, -0.2) is 24.0 Å². The fourth-order valence-corrected chi connectivity index (χ4v) is 2.66. The highest BCUT2D eigenvalue weighted by Crippen LogP contribution is 2.17. The number of imide groups is 1. The van der Waals surface area contributed by atoms with Gasteiger partial charge in [-0.1, -0.05) is 18.9 Å². The minimum Gasteiger partial charge on any atom is -0.374 e. The van der Waals surface area contributed by atoms with Crippen molar-refractivity contribution in [2.45, 2.75) is 58.5 Å². The molecule has 1 saturated carbocycles. The molecule has 0 aromatic heterocycles. The monoisotopic (exact) mass is 303 g/mol. The molecule has 0 heterocycles. The molecule has 1 aliphatic rings. The molecule has 0 aliphatic heterocycles. The summed E-state index contributed by atoms with van der Waals surface area (Å²) in [4.78, 5) is 23.8. The number of hydrogen-bond donors (Lipinski definition) is 3. The standard InChI is InChI=1S/C17H25N3O2/c1-11-8-9-15(10-12(11)2)18-13(3)16(21)20-17(22)19-14-6-4-5-7-14/h8-10,13-14,18H,4-7H2,1-3H3,(H2,19,20,21,22). The zero-order valence-corrected chi connectivity index (χ0v) is 13.5. The van der Waals surface area contributed by atoms with E-state index < -0.39 is 12.1 Å². The first-order chi connectivity index (χ1) is 10.5. The molecule has 2 rings (SSSR count). The Kier molecular flexibility index (Phi) is 5.41. The first kappa shape index (κ1) is 16.3. The molecule has 1 fully saturated rings. The second-order valence-corrected chi connectivity index (χ2v) is 6.11. The third-order valence-electron chi connectivity index (χ3n) is 4.21. The summed E-state index contributed by atoms with van der Waals surface area (Å²) in [6, 6.07) is 5.27. The van der Waals surface area contributed by atoms with Gasteiger partial charge < -0.3 is 10.6 Å². The zero-order chi connectivity index (χ0) is 16.1. The Morgan fingerprint density at radius 1 is 1.14 bits per heavy atom. The number of urea groups is 1. The minimum atomic E-state index is -0.476. The predicted octanol–water partition coefficient (Wildman–Crippen LogP) is 2.87. The van der Waals surface area contributed by atoms with Crippen LogP contribution in [0.5, 0.6) is 0 Å². The summed E-state index contributed by atoms with van der Waals surface area (Å²) in [5.74, 6) is -0.325. The molecule has 5 nitrogen and oxygen atoms in total. The maximum Gasteiger partial charge on any atom is 0.321 e. The molecular weight excluding hydrogens is 278 g/mol. The van der Waals surface area contributed by atoms with Gasteiger partial charge in [-0.05, 0) is 56.9 Å². The highest BCUT2D eigenvalue weighted by atomic mass is 16.2. The fraction of sp³-hybridized carbons (Fsp3) is 0.529. The third kappa shape index (κ3) is 4.48. The van der Waals surface area contributed by atoms with Crippen LogP contribution in [0.4, 0.5) is 10.5 Å². The maximum atomic E-state index is 12.0. The summed E-state index contributed by atoms with van der Waals surface area (Å²) in [7, 11) is 0. The van der Waals surface area contributed by atoms with E-state index in [-0.39, 0.29) is 11.9 Å². The number of rotatable bonds is 4. The van der Waals surface area contributed by atoms with Crippen LogP contribution < -0.4 is 16.0 Å². The lowest BCUT2D eigenvalue weighted by Gasteiger charge is -2.17. The lowest BCUT2D eigenvalue weighted by Crippen LogP contribution is -2.48. The van der Waals surface area contributed by atoms with Gasteiger partial charge >= 0.3 is 6.03 Å². The first-order valence-corrected chi connectivity index (χ1v) is 7.91. The number of nitrogens with one attached hydrogen (secondary N) is 3. The van der Waals surface area contributed by atoms with Gasteiger partial charge in [0, 0.05) is 11.7 Å². The SMILES string of the molecule is Cc1ccc(NC(C)C(=O)NC(=O)NC2CCCC2)cc1C. The van der Waals surface area contributed by atoms with Crippen molar-refractivity contribution in [3.05, 3.63) is 29.3 Å². The van der Waals surface area contributed by atoms with Gasteiger partial charge in [-0.15, -0.1) is 0 Å². The van der Waals surface area contributed by atoms with E-state index in [0.717, 1.165) is 36.9 Å². The molecule has 22 heavy (non-hydrogen) atoms. The van der Waals surface area contributed by atoms with Crippen molar-refractivity contribution >= 4 is 17.6 Å². The summed E-state index contributed by atoms with van der Waals surface area (Å²) >= 11 is 0. The normalized spacial score (nSPS) is 16.1. The molecule has 0 saturated heterocycles. The molecule has 0 spiro atoms. The summed E-state index contributed by atoms with van der Waals surface area (Å²) in [6.07, 6.45) is 4.28. The Bertz CT molecular complexity index is 551. The second-order valence-electron chi connectivity index (χ2n) is 6.11. The van der Waals surface area contributed by atoms with Gasteiger partial charge in [0.1, 0.15) is 6.04 Å². The number of benzene rings is 1. The van der Waals surface area contributed by atoms with Crippen LogP contribution in [0.3, 0.4) is 0 Å². The van der Waals surface area contributed by atoms with Gasteiger partial charge in [0.05, 0.1) is 0 Å². The van der Waals surface area contributed by atoms with Crippen LogP contribution in [0.25, 0.3) is 0 Å². The van der Waals surface area contributed by atoms with E-state index in [9.17, 15) is 9.59 Å². The Morgan fingerprint density at radius 3 is 2.45 bits per heavy atom. The summed E-state index contributed by atoms with van der Waals surface area (Å²) < 4.78 is 0. The first-order valence-electron chi connectivity index (χ1n) is 7.91. The fourth-order valence-electron chi connectivity index (χ4n) is 2.66. The summed E-state index contributed by atoms with van der Waals surface area (Å²) in [5.41, 5.74) is 3.25. The van der Waals surface area contributed by atoms with Crippen LogP contribution in [0.15, 0.2) is 18.2 Å². The van der Waals surface area contributed by atoms with Crippen molar-refractivity contribution in [1.29, 1.82) is 0 Å². The Hall–Kier alpha value is -2.04. The van der Waals surface area contributed by atoms with E-state index in [2.05, 4.69) is 16.0 Å². The largest absolute Gasteiger partial charge is 0.374 e. The molecule has 1 aliphatic carbocycles. The number of carbonyl (C=O) groups excluding carboxylic acids is 2. The third-order valence-corrected chi connectivity index (χ3v) is 4.21. The molecule has 120 valence electrons. The molecule has 0 radical (unpaired) electrons. The van der Waals surface area contributed by atoms with E-state index in [1.807, 2.05) is 32.0 Å². The lowest BCUT2D eigenvalue weighted by atomic mass is 10.1. The topological polar surface area (TPSA) is 70.2 Å². The summed E-state index contributed by atoms with van der Waals surface area (Å²) in [5, 5.41) is 8.36. The van der Waals surface area contributed by atoms with Crippen LogP contribution in [0.2, 0.25) is 0 Å². The van der Waals surface area contributed by atoms with Crippen molar-refractivity contribution < 1.29 is 9.59 Å². The smallest absolute Gasteiger partial charge is 0.321 e. The van der Waals surface area contributed by atoms with Crippen molar-refractivity contribution in [3.63, 3.8) is 0 Å². The van der Waals surface area contributed by atoms with Gasteiger partial charge in [0.25, 0.3) is 0 Å². The molecule has 0 bridgehead atoms.